The van der Waals surface area contributed by atoms with Gasteiger partial charge in [-0.25, -0.2) is 4.98 Å². The van der Waals surface area contributed by atoms with Crippen LogP contribution < -0.4 is 5.32 Å². The number of nitrogens with zero attached hydrogens (tertiary/aromatic N) is 1. The van der Waals surface area contributed by atoms with E-state index in [1.54, 1.807) is 22.7 Å². The summed E-state index contributed by atoms with van der Waals surface area (Å²) in [5.41, 5.74) is 1.21. The van der Waals surface area contributed by atoms with Crippen molar-refractivity contribution in [3.63, 3.8) is 0 Å². The Labute approximate surface area is 122 Å². The molecule has 2 rings (SSSR count). The third kappa shape index (κ3) is 4.69. The molecular weight excluding hydrogens is 276 g/mol. The topological polar surface area (TPSA) is 45.1 Å². The Morgan fingerprint density at radius 1 is 1.42 bits per heavy atom. The Hall–Kier alpha value is -0.750. The predicted octanol–water partition coefficient (Wildman–Crippen LogP) is 3.37. The summed E-state index contributed by atoms with van der Waals surface area (Å²) < 4.78 is 0. The third-order valence-electron chi connectivity index (χ3n) is 2.86. The number of nitrogens with one attached hydrogen (secondary N) is 1. The maximum absolute atomic E-state index is 9.31. The summed E-state index contributed by atoms with van der Waals surface area (Å²) in [6.07, 6.45) is 2.57. The Bertz CT molecular complexity index is 479. The number of rotatable bonds is 7. The highest BCUT2D eigenvalue weighted by atomic mass is 32.1. The van der Waals surface area contributed by atoms with Gasteiger partial charge < -0.3 is 10.4 Å². The van der Waals surface area contributed by atoms with Crippen LogP contribution in [0.4, 0.5) is 0 Å². The van der Waals surface area contributed by atoms with Crippen molar-refractivity contribution in [2.24, 2.45) is 5.92 Å². The quantitative estimate of drug-likeness (QED) is 0.823. The van der Waals surface area contributed by atoms with Gasteiger partial charge in [0.2, 0.25) is 0 Å². The average molecular weight is 296 g/mol. The van der Waals surface area contributed by atoms with E-state index in [4.69, 9.17) is 0 Å². The van der Waals surface area contributed by atoms with Gasteiger partial charge in [-0.05, 0) is 37.3 Å². The van der Waals surface area contributed by atoms with Gasteiger partial charge in [0.05, 0.1) is 6.10 Å². The monoisotopic (exact) mass is 296 g/mol. The number of hydrogen-bond donors (Lipinski definition) is 2. The molecule has 0 fully saturated rings. The molecule has 0 saturated heterocycles. The third-order valence-corrected chi connectivity index (χ3v) is 4.59. The second-order valence-electron chi connectivity index (χ2n) is 4.96. The summed E-state index contributed by atoms with van der Waals surface area (Å²) in [7, 11) is 0. The maximum Gasteiger partial charge on any atom is 0.124 e. The van der Waals surface area contributed by atoms with Gasteiger partial charge in [0.1, 0.15) is 5.01 Å². The summed E-state index contributed by atoms with van der Waals surface area (Å²) in [6.45, 7) is 5.78. The standard InChI is InChI=1S/C14H20N2OS2/c1-10(5-11(2)17)6-15-7-13-8-16-14(19-13)12-3-4-18-9-12/h3-4,8-11,15,17H,5-7H2,1-2H3. The molecule has 0 aliphatic heterocycles. The Morgan fingerprint density at radius 3 is 2.95 bits per heavy atom. The molecular formula is C14H20N2OS2. The van der Waals surface area contributed by atoms with Gasteiger partial charge in [-0.15, -0.1) is 11.3 Å². The minimum Gasteiger partial charge on any atom is -0.393 e. The molecule has 0 saturated carbocycles. The molecule has 19 heavy (non-hydrogen) atoms. The zero-order valence-electron chi connectivity index (χ0n) is 11.3. The molecule has 2 atom stereocenters. The van der Waals surface area contributed by atoms with E-state index in [1.807, 2.05) is 13.1 Å². The molecule has 0 aromatic carbocycles. The highest BCUT2D eigenvalue weighted by molar-refractivity contribution is 7.15. The van der Waals surface area contributed by atoms with Gasteiger partial charge >= 0.3 is 0 Å². The van der Waals surface area contributed by atoms with Gasteiger partial charge in [0, 0.05) is 28.6 Å². The molecule has 2 aromatic heterocycles. The van der Waals surface area contributed by atoms with Crippen LogP contribution in [0.5, 0.6) is 0 Å². The maximum atomic E-state index is 9.31. The largest absolute Gasteiger partial charge is 0.393 e. The van der Waals surface area contributed by atoms with Crippen molar-refractivity contribution in [1.82, 2.24) is 10.3 Å². The van der Waals surface area contributed by atoms with Crippen molar-refractivity contribution in [1.29, 1.82) is 0 Å². The van der Waals surface area contributed by atoms with Crippen molar-refractivity contribution < 1.29 is 5.11 Å². The number of aliphatic hydroxyl groups excluding tert-OH is 1. The molecule has 104 valence electrons. The van der Waals surface area contributed by atoms with Crippen LogP contribution in [0.2, 0.25) is 0 Å². The molecule has 0 aliphatic carbocycles. The molecule has 2 N–H and O–H groups in total. The lowest BCUT2D eigenvalue weighted by molar-refractivity contribution is 0.163. The summed E-state index contributed by atoms with van der Waals surface area (Å²) in [6, 6.07) is 2.10. The van der Waals surface area contributed by atoms with Gasteiger partial charge in [-0.2, -0.15) is 11.3 Å². The Balaban J connectivity index is 1.78. The van der Waals surface area contributed by atoms with E-state index in [0.29, 0.717) is 5.92 Å². The first-order chi connectivity index (χ1) is 9.15. The first-order valence-corrected chi connectivity index (χ1v) is 8.27. The number of hydrogen-bond acceptors (Lipinski definition) is 5. The molecule has 2 aromatic rings. The zero-order chi connectivity index (χ0) is 13.7. The highest BCUT2D eigenvalue weighted by Gasteiger charge is 2.07. The number of aromatic nitrogens is 1. The average Bonchev–Trinajstić information content (AvgIpc) is 2.97. The lowest BCUT2D eigenvalue weighted by Crippen LogP contribution is -2.22. The molecule has 0 amide bonds. The fourth-order valence-corrected chi connectivity index (χ4v) is 3.61. The van der Waals surface area contributed by atoms with Crippen LogP contribution in [0.25, 0.3) is 10.6 Å². The summed E-state index contributed by atoms with van der Waals surface area (Å²) >= 11 is 3.44. The van der Waals surface area contributed by atoms with Crippen molar-refractivity contribution >= 4 is 22.7 Å². The van der Waals surface area contributed by atoms with E-state index in [2.05, 4.69) is 34.1 Å². The van der Waals surface area contributed by atoms with E-state index in [1.165, 1.54) is 10.4 Å². The Kier molecular flexibility index (Phi) is 5.51. The molecule has 2 heterocycles. The van der Waals surface area contributed by atoms with Crippen LogP contribution in [0.15, 0.2) is 23.0 Å². The van der Waals surface area contributed by atoms with Gasteiger partial charge in [-0.1, -0.05) is 6.92 Å². The molecule has 0 aliphatic rings. The molecule has 3 nitrogen and oxygen atoms in total. The van der Waals surface area contributed by atoms with Gasteiger partial charge in [-0.3, -0.25) is 0 Å². The van der Waals surface area contributed by atoms with Crippen LogP contribution in [0, 0.1) is 5.92 Å². The first kappa shape index (κ1) is 14.7. The highest BCUT2D eigenvalue weighted by Crippen LogP contribution is 2.26. The Morgan fingerprint density at radius 2 is 2.26 bits per heavy atom. The minimum absolute atomic E-state index is 0.217. The molecule has 0 spiro atoms. The molecule has 0 radical (unpaired) electrons. The van der Waals surface area contributed by atoms with Crippen molar-refractivity contribution in [2.75, 3.05) is 6.54 Å². The van der Waals surface area contributed by atoms with E-state index < -0.39 is 0 Å². The fraction of sp³-hybridized carbons (Fsp3) is 0.500. The van der Waals surface area contributed by atoms with E-state index >= 15 is 0 Å². The van der Waals surface area contributed by atoms with Crippen LogP contribution in [-0.4, -0.2) is 22.7 Å². The second kappa shape index (κ2) is 7.14. The van der Waals surface area contributed by atoms with Crippen molar-refractivity contribution in [2.45, 2.75) is 32.9 Å². The summed E-state index contributed by atoms with van der Waals surface area (Å²) in [5.74, 6) is 0.490. The molecule has 0 bridgehead atoms. The number of aliphatic hydroxyl groups is 1. The smallest absolute Gasteiger partial charge is 0.124 e. The normalized spacial score (nSPS) is 14.5. The van der Waals surface area contributed by atoms with E-state index in [-0.39, 0.29) is 6.10 Å². The minimum atomic E-state index is -0.217. The van der Waals surface area contributed by atoms with Crippen LogP contribution >= 0.6 is 22.7 Å². The predicted molar refractivity (Wildman–Crippen MR) is 82.6 cm³/mol. The van der Waals surface area contributed by atoms with Crippen LogP contribution in [0.1, 0.15) is 25.1 Å². The van der Waals surface area contributed by atoms with Gasteiger partial charge in [0.25, 0.3) is 0 Å². The summed E-state index contributed by atoms with van der Waals surface area (Å²) in [5, 5.41) is 18.0. The van der Waals surface area contributed by atoms with E-state index in [9.17, 15) is 5.11 Å². The SMILES string of the molecule is CC(O)CC(C)CNCc1cnc(-c2ccsc2)s1. The molecule has 5 heteroatoms. The van der Waals surface area contributed by atoms with Crippen molar-refractivity contribution in [3.05, 3.63) is 27.9 Å². The lowest BCUT2D eigenvalue weighted by Gasteiger charge is -2.13. The van der Waals surface area contributed by atoms with E-state index in [0.717, 1.165) is 24.5 Å². The van der Waals surface area contributed by atoms with Crippen LogP contribution in [0.3, 0.4) is 0 Å². The second-order valence-corrected chi connectivity index (χ2v) is 6.86. The van der Waals surface area contributed by atoms with Crippen molar-refractivity contribution in [3.8, 4) is 10.6 Å². The molecule has 2 unspecified atom stereocenters. The fourth-order valence-electron chi connectivity index (χ4n) is 2.02. The van der Waals surface area contributed by atoms with Crippen LogP contribution in [-0.2, 0) is 6.54 Å². The summed E-state index contributed by atoms with van der Waals surface area (Å²) in [4.78, 5) is 5.71. The number of thiophene rings is 1. The number of thiazole rings is 1. The zero-order valence-corrected chi connectivity index (χ0v) is 12.9. The first-order valence-electron chi connectivity index (χ1n) is 6.51. The van der Waals surface area contributed by atoms with Gasteiger partial charge in [0.15, 0.2) is 0 Å². The lowest BCUT2D eigenvalue weighted by atomic mass is 10.1.